The maximum absolute atomic E-state index is 4.67. The average molecular weight is 250 g/mol. The Labute approximate surface area is 111 Å². The molecule has 1 aliphatic heterocycles. The quantitative estimate of drug-likeness (QED) is 0.722. The van der Waals surface area contributed by atoms with Crippen LogP contribution in [0.4, 0.5) is 5.82 Å². The molecule has 0 saturated carbocycles. The first-order valence-electron chi connectivity index (χ1n) is 6.51. The fraction of sp³-hybridized carbons (Fsp3) is 0.200. The number of anilines is 1. The summed E-state index contributed by atoms with van der Waals surface area (Å²) < 4.78 is 2.08. The largest absolute Gasteiger partial charge is 0.369 e. The Kier molecular flexibility index (Phi) is 2.27. The summed E-state index contributed by atoms with van der Waals surface area (Å²) >= 11 is 0. The highest BCUT2D eigenvalue weighted by Gasteiger charge is 2.22. The molecule has 1 aliphatic rings. The molecule has 1 aromatic carbocycles. The van der Waals surface area contributed by atoms with Crippen LogP contribution < -0.4 is 5.32 Å². The number of nitrogens with one attached hydrogen (secondary N) is 1. The van der Waals surface area contributed by atoms with E-state index in [1.165, 1.54) is 10.9 Å². The van der Waals surface area contributed by atoms with Crippen molar-refractivity contribution in [1.29, 1.82) is 0 Å². The van der Waals surface area contributed by atoms with Crippen LogP contribution in [0.3, 0.4) is 0 Å². The highest BCUT2D eigenvalue weighted by molar-refractivity contribution is 5.90. The van der Waals surface area contributed by atoms with E-state index in [9.17, 15) is 0 Å². The highest BCUT2D eigenvalue weighted by Crippen LogP contribution is 2.30. The zero-order chi connectivity index (χ0) is 12.7. The maximum Gasteiger partial charge on any atom is 0.132 e. The molecule has 0 fully saturated rings. The normalized spacial score (nSPS) is 18.0. The van der Waals surface area contributed by atoms with E-state index in [-0.39, 0.29) is 0 Å². The van der Waals surface area contributed by atoms with E-state index in [1.807, 2.05) is 18.5 Å². The fourth-order valence-corrected chi connectivity index (χ4v) is 2.75. The molecule has 0 radical (unpaired) electrons. The third-order valence-corrected chi connectivity index (χ3v) is 3.73. The topological polar surface area (TPSA) is 42.7 Å². The van der Waals surface area contributed by atoms with Crippen molar-refractivity contribution in [3.63, 3.8) is 0 Å². The smallest absolute Gasteiger partial charge is 0.132 e. The number of benzene rings is 1. The molecule has 94 valence electrons. The van der Waals surface area contributed by atoms with E-state index < -0.39 is 0 Å². The van der Waals surface area contributed by atoms with E-state index in [0.717, 1.165) is 24.4 Å². The van der Waals surface area contributed by atoms with Crippen molar-refractivity contribution in [1.82, 2.24) is 14.8 Å². The van der Waals surface area contributed by atoms with Crippen molar-refractivity contribution in [3.8, 4) is 0 Å². The van der Waals surface area contributed by atoms with E-state index >= 15 is 0 Å². The molecule has 0 spiro atoms. The molecule has 4 nitrogen and oxygen atoms in total. The monoisotopic (exact) mass is 250 g/mol. The zero-order valence-corrected chi connectivity index (χ0v) is 10.5. The molecule has 1 N–H and O–H groups in total. The second-order valence-corrected chi connectivity index (χ2v) is 4.91. The van der Waals surface area contributed by atoms with Crippen molar-refractivity contribution in [3.05, 3.63) is 54.4 Å². The Morgan fingerprint density at radius 2 is 1.95 bits per heavy atom. The molecule has 19 heavy (non-hydrogen) atoms. The van der Waals surface area contributed by atoms with E-state index in [2.05, 4.69) is 50.4 Å². The standard InChI is InChI=1S/C15H14N4/c1-2-4-14-13(3-1)15-17-9-12(10-19(15)18-14)11-5-7-16-8-6-11/h1-8,12,17H,9-10H2. The molecule has 0 aliphatic carbocycles. The van der Waals surface area contributed by atoms with Gasteiger partial charge in [-0.1, -0.05) is 12.1 Å². The first kappa shape index (κ1) is 10.6. The summed E-state index contributed by atoms with van der Waals surface area (Å²) in [6.07, 6.45) is 3.70. The molecule has 3 heterocycles. The minimum atomic E-state index is 0.449. The van der Waals surface area contributed by atoms with Crippen LogP contribution in [0.5, 0.6) is 0 Å². The lowest BCUT2D eigenvalue weighted by Gasteiger charge is -2.25. The summed E-state index contributed by atoms with van der Waals surface area (Å²) in [4.78, 5) is 4.08. The van der Waals surface area contributed by atoms with Gasteiger partial charge in [0.1, 0.15) is 5.82 Å². The van der Waals surface area contributed by atoms with Gasteiger partial charge < -0.3 is 5.32 Å². The molecule has 1 atom stereocenters. The van der Waals surface area contributed by atoms with Gasteiger partial charge in [-0.2, -0.15) is 5.10 Å². The summed E-state index contributed by atoms with van der Waals surface area (Å²) in [5.41, 5.74) is 2.37. The molecule has 2 aromatic heterocycles. The minimum Gasteiger partial charge on any atom is -0.369 e. The molecular formula is C15H14N4. The van der Waals surface area contributed by atoms with Gasteiger partial charge in [-0.25, -0.2) is 4.68 Å². The SMILES string of the molecule is c1ccc2c3n(nc2c1)CC(c1ccncc1)CN3. The van der Waals surface area contributed by atoms with Gasteiger partial charge in [0.2, 0.25) is 0 Å². The molecule has 4 heteroatoms. The van der Waals surface area contributed by atoms with Gasteiger partial charge in [-0.05, 0) is 29.8 Å². The molecule has 3 aromatic rings. The van der Waals surface area contributed by atoms with E-state index in [4.69, 9.17) is 0 Å². The second-order valence-electron chi connectivity index (χ2n) is 4.91. The van der Waals surface area contributed by atoms with Crippen LogP contribution in [0.1, 0.15) is 11.5 Å². The van der Waals surface area contributed by atoms with E-state index in [0.29, 0.717) is 5.92 Å². The van der Waals surface area contributed by atoms with Crippen LogP contribution >= 0.6 is 0 Å². The van der Waals surface area contributed by atoms with Gasteiger partial charge >= 0.3 is 0 Å². The summed E-state index contributed by atoms with van der Waals surface area (Å²) in [7, 11) is 0. The minimum absolute atomic E-state index is 0.449. The van der Waals surface area contributed by atoms with Crippen molar-refractivity contribution >= 4 is 16.7 Å². The van der Waals surface area contributed by atoms with Crippen LogP contribution in [-0.4, -0.2) is 21.3 Å². The van der Waals surface area contributed by atoms with Crippen molar-refractivity contribution in [2.75, 3.05) is 11.9 Å². The summed E-state index contributed by atoms with van der Waals surface area (Å²) in [5, 5.41) is 9.39. The van der Waals surface area contributed by atoms with Gasteiger partial charge in [-0.3, -0.25) is 4.98 Å². The summed E-state index contributed by atoms with van der Waals surface area (Å²) in [5.74, 6) is 1.59. The summed E-state index contributed by atoms with van der Waals surface area (Å²) in [6.45, 7) is 1.86. The average Bonchev–Trinajstić information content (AvgIpc) is 2.86. The van der Waals surface area contributed by atoms with Gasteiger partial charge in [0.15, 0.2) is 0 Å². The van der Waals surface area contributed by atoms with Crippen LogP contribution in [0, 0.1) is 0 Å². The maximum atomic E-state index is 4.67. The molecule has 0 saturated heterocycles. The third-order valence-electron chi connectivity index (χ3n) is 3.73. The first-order valence-corrected chi connectivity index (χ1v) is 6.51. The number of nitrogens with zero attached hydrogens (tertiary/aromatic N) is 3. The molecule has 1 unspecified atom stereocenters. The summed E-state index contributed by atoms with van der Waals surface area (Å²) in [6, 6.07) is 12.4. The predicted molar refractivity (Wildman–Crippen MR) is 75.2 cm³/mol. The van der Waals surface area contributed by atoms with Gasteiger partial charge in [-0.15, -0.1) is 0 Å². The van der Waals surface area contributed by atoms with Crippen molar-refractivity contribution in [2.24, 2.45) is 0 Å². The Bertz CT molecular complexity index is 717. The third kappa shape index (κ3) is 1.68. The lowest BCUT2D eigenvalue weighted by Crippen LogP contribution is -2.26. The number of fused-ring (bicyclic) bond motifs is 3. The van der Waals surface area contributed by atoms with Crippen molar-refractivity contribution in [2.45, 2.75) is 12.5 Å². The van der Waals surface area contributed by atoms with Gasteiger partial charge in [0.25, 0.3) is 0 Å². The zero-order valence-electron chi connectivity index (χ0n) is 10.5. The predicted octanol–water partition coefficient (Wildman–Crippen LogP) is 2.64. The Morgan fingerprint density at radius 1 is 1.11 bits per heavy atom. The number of pyridine rings is 1. The van der Waals surface area contributed by atoms with Gasteiger partial charge in [0.05, 0.1) is 12.1 Å². The lowest BCUT2D eigenvalue weighted by molar-refractivity contribution is 0.509. The van der Waals surface area contributed by atoms with Crippen LogP contribution in [0.15, 0.2) is 48.8 Å². The lowest BCUT2D eigenvalue weighted by atomic mass is 9.99. The van der Waals surface area contributed by atoms with E-state index in [1.54, 1.807) is 0 Å². The molecule has 4 rings (SSSR count). The van der Waals surface area contributed by atoms with Crippen LogP contribution in [0.25, 0.3) is 10.9 Å². The molecular weight excluding hydrogens is 236 g/mol. The van der Waals surface area contributed by atoms with Gasteiger partial charge in [0, 0.05) is 30.2 Å². The van der Waals surface area contributed by atoms with Crippen LogP contribution in [-0.2, 0) is 6.54 Å². The first-order chi connectivity index (χ1) is 9.42. The molecule has 0 bridgehead atoms. The number of aromatic nitrogens is 3. The number of hydrogen-bond acceptors (Lipinski definition) is 3. The van der Waals surface area contributed by atoms with Crippen molar-refractivity contribution < 1.29 is 0 Å². The highest BCUT2D eigenvalue weighted by atomic mass is 15.3. The fourth-order valence-electron chi connectivity index (χ4n) is 2.75. The Hall–Kier alpha value is -2.36. The Balaban J connectivity index is 1.74. The Morgan fingerprint density at radius 3 is 2.84 bits per heavy atom. The second kappa shape index (κ2) is 4.09. The number of hydrogen-bond donors (Lipinski definition) is 1. The molecule has 0 amide bonds. The van der Waals surface area contributed by atoms with Crippen LogP contribution in [0.2, 0.25) is 0 Å². The number of rotatable bonds is 1.